The van der Waals surface area contributed by atoms with Gasteiger partial charge in [0.15, 0.2) is 0 Å². The van der Waals surface area contributed by atoms with E-state index >= 15 is 0 Å². The molecule has 0 saturated heterocycles. The molecule has 0 heterocycles. The second kappa shape index (κ2) is 7.07. The fourth-order valence-corrected chi connectivity index (χ4v) is 3.19. The van der Waals surface area contributed by atoms with Crippen molar-refractivity contribution in [1.29, 1.82) is 0 Å². The van der Waals surface area contributed by atoms with Crippen LogP contribution in [-0.2, 0) is 20.0 Å². The van der Waals surface area contributed by atoms with Crippen molar-refractivity contribution in [3.63, 3.8) is 0 Å². The van der Waals surface area contributed by atoms with E-state index in [0.29, 0.717) is 11.4 Å². The topological polar surface area (TPSA) is 130 Å². The molecule has 1 aromatic rings. The molecule has 0 fully saturated rings. The highest BCUT2D eigenvalue weighted by Gasteiger charge is 2.14. The second-order valence-corrected chi connectivity index (χ2v) is 8.01. The van der Waals surface area contributed by atoms with E-state index in [1.807, 2.05) is 0 Å². The lowest BCUT2D eigenvalue weighted by Gasteiger charge is -2.12. The summed E-state index contributed by atoms with van der Waals surface area (Å²) in [6.07, 6.45) is 0. The Bertz CT molecular complexity index is 686. The van der Waals surface area contributed by atoms with Crippen molar-refractivity contribution in [1.82, 2.24) is 9.44 Å². The first-order valence-electron chi connectivity index (χ1n) is 6.26. The average molecular weight is 336 g/mol. The standard InChI is InChI=1S/C11H20N4O4S2/c1-3-15-21(18,19)9-4-5-10(12)11(8-9)14-6-7-20(16,17)13-2/h4-5,8,13-15H,3,6-7,12H2,1-2H3. The molecule has 5 N–H and O–H groups in total. The average Bonchev–Trinajstić information content (AvgIpc) is 2.40. The predicted octanol–water partition coefficient (Wildman–Crippen LogP) is -0.472. The smallest absolute Gasteiger partial charge is 0.240 e. The van der Waals surface area contributed by atoms with Gasteiger partial charge in [0, 0.05) is 13.1 Å². The molecule has 120 valence electrons. The van der Waals surface area contributed by atoms with Crippen LogP contribution < -0.4 is 20.5 Å². The van der Waals surface area contributed by atoms with Crippen LogP contribution in [0, 0.1) is 0 Å². The Labute approximate surface area is 125 Å². The number of benzene rings is 1. The lowest BCUT2D eigenvalue weighted by molar-refractivity contribution is 0.583. The van der Waals surface area contributed by atoms with Gasteiger partial charge in [-0.2, -0.15) is 0 Å². The van der Waals surface area contributed by atoms with Gasteiger partial charge in [-0.15, -0.1) is 0 Å². The molecule has 0 amide bonds. The first kappa shape index (κ1) is 17.7. The largest absolute Gasteiger partial charge is 0.397 e. The number of anilines is 2. The molecule has 0 saturated carbocycles. The number of rotatable bonds is 8. The zero-order valence-electron chi connectivity index (χ0n) is 11.9. The van der Waals surface area contributed by atoms with Gasteiger partial charge in [-0.1, -0.05) is 6.92 Å². The van der Waals surface area contributed by atoms with Crippen molar-refractivity contribution in [2.75, 3.05) is 36.9 Å². The third kappa shape index (κ3) is 5.16. The van der Waals surface area contributed by atoms with E-state index in [4.69, 9.17) is 5.73 Å². The van der Waals surface area contributed by atoms with E-state index in [0.717, 1.165) is 0 Å². The molecule has 0 spiro atoms. The normalized spacial score (nSPS) is 12.3. The van der Waals surface area contributed by atoms with Gasteiger partial charge in [-0.05, 0) is 25.2 Å². The van der Waals surface area contributed by atoms with Gasteiger partial charge >= 0.3 is 0 Å². The molecule has 1 rings (SSSR count). The monoisotopic (exact) mass is 336 g/mol. The Morgan fingerprint density at radius 1 is 1.19 bits per heavy atom. The number of hydrogen-bond acceptors (Lipinski definition) is 6. The molecule has 0 aliphatic heterocycles. The molecule has 21 heavy (non-hydrogen) atoms. The number of nitrogens with one attached hydrogen (secondary N) is 3. The summed E-state index contributed by atoms with van der Waals surface area (Å²) >= 11 is 0. The number of hydrogen-bond donors (Lipinski definition) is 4. The third-order valence-electron chi connectivity index (χ3n) is 2.67. The Hall–Kier alpha value is -1.36. The fourth-order valence-electron chi connectivity index (χ4n) is 1.55. The minimum atomic E-state index is -3.58. The molecule has 1 aromatic carbocycles. The summed E-state index contributed by atoms with van der Waals surface area (Å²) in [7, 11) is -5.59. The summed E-state index contributed by atoms with van der Waals surface area (Å²) in [6.45, 7) is 2.06. The van der Waals surface area contributed by atoms with Crippen LogP contribution in [-0.4, -0.2) is 42.7 Å². The molecule has 0 aliphatic carbocycles. The molecular weight excluding hydrogens is 316 g/mol. The van der Waals surface area contributed by atoms with Crippen molar-refractivity contribution < 1.29 is 16.8 Å². The second-order valence-electron chi connectivity index (χ2n) is 4.20. The highest BCUT2D eigenvalue weighted by molar-refractivity contribution is 7.89. The van der Waals surface area contributed by atoms with Crippen LogP contribution in [0.15, 0.2) is 23.1 Å². The quantitative estimate of drug-likeness (QED) is 0.475. The van der Waals surface area contributed by atoms with E-state index in [1.165, 1.54) is 25.2 Å². The zero-order valence-corrected chi connectivity index (χ0v) is 13.5. The van der Waals surface area contributed by atoms with Crippen molar-refractivity contribution in [2.24, 2.45) is 0 Å². The van der Waals surface area contributed by atoms with E-state index in [1.54, 1.807) is 6.92 Å². The summed E-state index contributed by atoms with van der Waals surface area (Å²) in [5.41, 5.74) is 6.46. The van der Waals surface area contributed by atoms with Gasteiger partial charge < -0.3 is 11.1 Å². The van der Waals surface area contributed by atoms with Gasteiger partial charge in [-0.25, -0.2) is 26.3 Å². The Morgan fingerprint density at radius 2 is 1.86 bits per heavy atom. The summed E-state index contributed by atoms with van der Waals surface area (Å²) in [4.78, 5) is 0.0672. The molecule has 0 aromatic heterocycles. The molecular formula is C11H20N4O4S2. The minimum absolute atomic E-state index is 0.0672. The zero-order chi connectivity index (χ0) is 16.1. The third-order valence-corrected chi connectivity index (χ3v) is 5.57. The summed E-state index contributed by atoms with van der Waals surface area (Å²) in [6, 6.07) is 4.22. The van der Waals surface area contributed by atoms with Crippen LogP contribution in [0.1, 0.15) is 6.92 Å². The SMILES string of the molecule is CCNS(=O)(=O)c1ccc(N)c(NCCS(=O)(=O)NC)c1. The van der Waals surface area contributed by atoms with Gasteiger partial charge in [0.1, 0.15) is 0 Å². The summed E-state index contributed by atoms with van der Waals surface area (Å²) in [5.74, 6) is -0.146. The summed E-state index contributed by atoms with van der Waals surface area (Å²) < 4.78 is 50.9. The predicted molar refractivity (Wildman–Crippen MR) is 83.1 cm³/mol. The maximum atomic E-state index is 11.9. The lowest BCUT2D eigenvalue weighted by Crippen LogP contribution is -2.26. The summed E-state index contributed by atoms with van der Waals surface area (Å²) in [5, 5.41) is 2.82. The van der Waals surface area contributed by atoms with Crippen LogP contribution in [0.2, 0.25) is 0 Å². The Kier molecular flexibility index (Phi) is 5.96. The van der Waals surface area contributed by atoms with Crippen molar-refractivity contribution in [2.45, 2.75) is 11.8 Å². The first-order valence-corrected chi connectivity index (χ1v) is 9.39. The van der Waals surface area contributed by atoms with E-state index in [2.05, 4.69) is 14.8 Å². The van der Waals surface area contributed by atoms with Crippen LogP contribution in [0.4, 0.5) is 11.4 Å². The van der Waals surface area contributed by atoms with E-state index in [-0.39, 0.29) is 23.7 Å². The van der Waals surface area contributed by atoms with Crippen LogP contribution in [0.5, 0.6) is 0 Å². The minimum Gasteiger partial charge on any atom is -0.397 e. The fraction of sp³-hybridized carbons (Fsp3) is 0.455. The molecule has 8 nitrogen and oxygen atoms in total. The van der Waals surface area contributed by atoms with Crippen LogP contribution in [0.25, 0.3) is 0 Å². The molecule has 0 radical (unpaired) electrons. The van der Waals surface area contributed by atoms with Crippen molar-refractivity contribution in [3.8, 4) is 0 Å². The first-order chi connectivity index (χ1) is 9.72. The van der Waals surface area contributed by atoms with Gasteiger partial charge in [0.25, 0.3) is 0 Å². The molecule has 10 heteroatoms. The molecule has 0 aliphatic rings. The van der Waals surface area contributed by atoms with Gasteiger partial charge in [0.2, 0.25) is 20.0 Å². The highest BCUT2D eigenvalue weighted by Crippen LogP contribution is 2.22. The molecule has 0 unspecified atom stereocenters. The number of sulfonamides is 2. The van der Waals surface area contributed by atoms with Crippen LogP contribution in [0.3, 0.4) is 0 Å². The highest BCUT2D eigenvalue weighted by atomic mass is 32.2. The Balaban J connectivity index is 2.89. The molecule has 0 atom stereocenters. The molecule has 0 bridgehead atoms. The number of nitrogens with two attached hydrogens (primary N) is 1. The lowest BCUT2D eigenvalue weighted by atomic mass is 10.2. The maximum absolute atomic E-state index is 11.9. The van der Waals surface area contributed by atoms with Crippen molar-refractivity contribution >= 4 is 31.4 Å². The van der Waals surface area contributed by atoms with Gasteiger partial charge in [0.05, 0.1) is 22.0 Å². The van der Waals surface area contributed by atoms with E-state index < -0.39 is 20.0 Å². The van der Waals surface area contributed by atoms with E-state index in [9.17, 15) is 16.8 Å². The number of nitrogen functional groups attached to an aromatic ring is 1. The Morgan fingerprint density at radius 3 is 2.43 bits per heavy atom. The van der Waals surface area contributed by atoms with Gasteiger partial charge in [-0.3, -0.25) is 0 Å². The van der Waals surface area contributed by atoms with Crippen LogP contribution >= 0.6 is 0 Å². The van der Waals surface area contributed by atoms with Crippen molar-refractivity contribution in [3.05, 3.63) is 18.2 Å². The maximum Gasteiger partial charge on any atom is 0.240 e.